The van der Waals surface area contributed by atoms with Crippen LogP contribution in [0.25, 0.3) is 10.9 Å². The largest absolute Gasteiger partial charge is 0.361 e. The number of halogens is 1. The van der Waals surface area contributed by atoms with E-state index in [0.717, 1.165) is 27.1 Å². The van der Waals surface area contributed by atoms with Gasteiger partial charge in [0.2, 0.25) is 0 Å². The number of nitrogens with zero attached hydrogens (tertiary/aromatic N) is 1. The number of nitrogens with one attached hydrogen (secondary N) is 1. The van der Waals surface area contributed by atoms with Gasteiger partial charge in [-0.15, -0.1) is 0 Å². The molecule has 1 heterocycles. The molecule has 14 heavy (non-hydrogen) atoms. The average Bonchev–Trinajstić information content (AvgIpc) is 2.57. The highest BCUT2D eigenvalue weighted by atomic mass is 35.5. The standard InChI is InChI=1S/C11H9ClN2/c1-7-10(12)3-2-9-8(4-5-13)6-14-11(7)9/h2-3,6,14H,4H2,1H3. The van der Waals surface area contributed by atoms with Gasteiger partial charge in [0, 0.05) is 16.6 Å². The highest BCUT2D eigenvalue weighted by Gasteiger charge is 2.07. The zero-order valence-corrected chi connectivity index (χ0v) is 8.52. The van der Waals surface area contributed by atoms with Crippen LogP contribution in [0.2, 0.25) is 5.02 Å². The van der Waals surface area contributed by atoms with E-state index in [-0.39, 0.29) is 0 Å². The van der Waals surface area contributed by atoms with Gasteiger partial charge in [0.1, 0.15) is 0 Å². The Morgan fingerprint density at radius 3 is 3.00 bits per heavy atom. The first kappa shape index (κ1) is 9.11. The van der Waals surface area contributed by atoms with Crippen molar-refractivity contribution in [1.29, 1.82) is 5.26 Å². The maximum Gasteiger partial charge on any atom is 0.0670 e. The van der Waals surface area contributed by atoms with Crippen LogP contribution >= 0.6 is 11.6 Å². The fraction of sp³-hybridized carbons (Fsp3) is 0.182. The van der Waals surface area contributed by atoms with E-state index in [1.54, 1.807) is 0 Å². The Morgan fingerprint density at radius 1 is 1.50 bits per heavy atom. The van der Waals surface area contributed by atoms with E-state index in [4.69, 9.17) is 16.9 Å². The highest BCUT2D eigenvalue weighted by Crippen LogP contribution is 2.26. The molecule has 3 heteroatoms. The molecule has 70 valence electrons. The van der Waals surface area contributed by atoms with Gasteiger partial charge in [0.25, 0.3) is 0 Å². The highest BCUT2D eigenvalue weighted by molar-refractivity contribution is 6.32. The van der Waals surface area contributed by atoms with Gasteiger partial charge in [-0.05, 0) is 24.1 Å². The van der Waals surface area contributed by atoms with Crippen molar-refractivity contribution < 1.29 is 0 Å². The van der Waals surface area contributed by atoms with E-state index in [1.807, 2.05) is 25.3 Å². The van der Waals surface area contributed by atoms with Crippen molar-refractivity contribution in [1.82, 2.24) is 4.98 Å². The third kappa shape index (κ3) is 1.26. The van der Waals surface area contributed by atoms with Crippen LogP contribution in [-0.4, -0.2) is 4.98 Å². The van der Waals surface area contributed by atoms with E-state index >= 15 is 0 Å². The Hall–Kier alpha value is -1.46. The fourth-order valence-electron chi connectivity index (χ4n) is 1.61. The first-order valence-electron chi connectivity index (χ1n) is 4.36. The predicted molar refractivity (Wildman–Crippen MR) is 57.4 cm³/mol. The molecule has 0 aliphatic carbocycles. The maximum absolute atomic E-state index is 8.63. The van der Waals surface area contributed by atoms with Gasteiger partial charge in [-0.1, -0.05) is 17.7 Å². The summed E-state index contributed by atoms with van der Waals surface area (Å²) in [5.74, 6) is 0. The Kier molecular flexibility index (Phi) is 2.18. The SMILES string of the molecule is Cc1c(Cl)ccc2c(CC#N)c[nH]c12. The second-order valence-electron chi connectivity index (χ2n) is 3.24. The second kappa shape index (κ2) is 3.36. The Bertz CT molecular complexity index is 520. The van der Waals surface area contributed by atoms with Crippen molar-refractivity contribution in [3.05, 3.63) is 34.5 Å². The molecule has 0 radical (unpaired) electrons. The van der Waals surface area contributed by atoms with Crippen LogP contribution in [0.4, 0.5) is 0 Å². The van der Waals surface area contributed by atoms with Crippen molar-refractivity contribution in [2.75, 3.05) is 0 Å². The Labute approximate surface area is 87.1 Å². The third-order valence-electron chi connectivity index (χ3n) is 2.41. The van der Waals surface area contributed by atoms with Crippen molar-refractivity contribution in [2.24, 2.45) is 0 Å². The molecule has 0 atom stereocenters. The summed E-state index contributed by atoms with van der Waals surface area (Å²) in [6.45, 7) is 1.97. The van der Waals surface area contributed by atoms with Crippen LogP contribution in [0, 0.1) is 18.3 Å². The number of benzene rings is 1. The van der Waals surface area contributed by atoms with E-state index < -0.39 is 0 Å². The molecule has 0 saturated heterocycles. The summed E-state index contributed by atoms with van der Waals surface area (Å²) in [5, 5.41) is 10.5. The summed E-state index contributed by atoms with van der Waals surface area (Å²) in [6, 6.07) is 5.96. The minimum Gasteiger partial charge on any atom is -0.361 e. The molecule has 0 unspecified atom stereocenters. The van der Waals surface area contributed by atoms with Crippen molar-refractivity contribution in [3.63, 3.8) is 0 Å². The van der Waals surface area contributed by atoms with Crippen LogP contribution in [0.15, 0.2) is 18.3 Å². The maximum atomic E-state index is 8.63. The molecule has 0 spiro atoms. The van der Waals surface area contributed by atoms with E-state index in [9.17, 15) is 0 Å². The van der Waals surface area contributed by atoms with Crippen LogP contribution in [0.5, 0.6) is 0 Å². The number of nitriles is 1. The predicted octanol–water partition coefficient (Wildman–Crippen LogP) is 3.20. The molecule has 0 bridgehead atoms. The summed E-state index contributed by atoms with van der Waals surface area (Å²) in [6.07, 6.45) is 2.30. The topological polar surface area (TPSA) is 39.6 Å². The van der Waals surface area contributed by atoms with Crippen molar-refractivity contribution in [2.45, 2.75) is 13.3 Å². The van der Waals surface area contributed by atoms with E-state index in [1.165, 1.54) is 0 Å². The lowest BCUT2D eigenvalue weighted by atomic mass is 10.1. The molecule has 1 N–H and O–H groups in total. The molecular formula is C11H9ClN2. The van der Waals surface area contributed by atoms with Crippen LogP contribution in [-0.2, 0) is 6.42 Å². The summed E-state index contributed by atoms with van der Waals surface area (Å²) in [7, 11) is 0. The van der Waals surface area contributed by atoms with Crippen LogP contribution in [0.1, 0.15) is 11.1 Å². The fourth-order valence-corrected chi connectivity index (χ4v) is 1.77. The number of H-pyrrole nitrogens is 1. The molecule has 0 saturated carbocycles. The lowest BCUT2D eigenvalue weighted by molar-refractivity contribution is 1.27. The number of fused-ring (bicyclic) bond motifs is 1. The zero-order valence-electron chi connectivity index (χ0n) is 7.76. The summed E-state index contributed by atoms with van der Waals surface area (Å²) in [5.41, 5.74) is 3.10. The monoisotopic (exact) mass is 204 g/mol. The number of hydrogen-bond donors (Lipinski definition) is 1. The van der Waals surface area contributed by atoms with Crippen LogP contribution in [0.3, 0.4) is 0 Å². The molecule has 2 nitrogen and oxygen atoms in total. The van der Waals surface area contributed by atoms with Gasteiger partial charge in [-0.25, -0.2) is 0 Å². The number of hydrogen-bond acceptors (Lipinski definition) is 1. The zero-order chi connectivity index (χ0) is 10.1. The summed E-state index contributed by atoms with van der Waals surface area (Å²) in [4.78, 5) is 3.15. The van der Waals surface area contributed by atoms with Gasteiger partial charge in [0.05, 0.1) is 18.0 Å². The Morgan fingerprint density at radius 2 is 2.29 bits per heavy atom. The first-order valence-corrected chi connectivity index (χ1v) is 4.74. The minimum atomic E-state index is 0.432. The van der Waals surface area contributed by atoms with Gasteiger partial charge in [-0.2, -0.15) is 5.26 Å². The molecule has 0 fully saturated rings. The molecule has 1 aromatic heterocycles. The second-order valence-corrected chi connectivity index (χ2v) is 3.65. The Balaban J connectivity index is 2.72. The lowest BCUT2D eigenvalue weighted by Crippen LogP contribution is -1.80. The number of rotatable bonds is 1. The molecule has 1 aromatic carbocycles. The van der Waals surface area contributed by atoms with Crippen molar-refractivity contribution in [3.8, 4) is 6.07 Å². The quantitative estimate of drug-likeness (QED) is 0.762. The molecule has 0 aliphatic heterocycles. The van der Waals surface area contributed by atoms with Gasteiger partial charge in [-0.3, -0.25) is 0 Å². The lowest BCUT2D eigenvalue weighted by Gasteiger charge is -1.99. The molecular weight excluding hydrogens is 196 g/mol. The average molecular weight is 205 g/mol. The van der Waals surface area contributed by atoms with E-state index in [0.29, 0.717) is 6.42 Å². The smallest absolute Gasteiger partial charge is 0.0670 e. The molecule has 2 aromatic rings. The molecule has 0 amide bonds. The summed E-state index contributed by atoms with van der Waals surface area (Å²) < 4.78 is 0. The van der Waals surface area contributed by atoms with Crippen LogP contribution < -0.4 is 0 Å². The number of aryl methyl sites for hydroxylation is 1. The van der Waals surface area contributed by atoms with Crippen molar-refractivity contribution >= 4 is 22.5 Å². The number of aromatic nitrogens is 1. The molecule has 2 rings (SSSR count). The van der Waals surface area contributed by atoms with Gasteiger partial charge in [0.15, 0.2) is 0 Å². The van der Waals surface area contributed by atoms with Gasteiger partial charge >= 0.3 is 0 Å². The number of aromatic amines is 1. The van der Waals surface area contributed by atoms with Gasteiger partial charge < -0.3 is 4.98 Å². The minimum absolute atomic E-state index is 0.432. The first-order chi connectivity index (χ1) is 6.74. The summed E-state index contributed by atoms with van der Waals surface area (Å²) >= 11 is 5.99. The molecule has 0 aliphatic rings. The normalized spacial score (nSPS) is 10.4. The third-order valence-corrected chi connectivity index (χ3v) is 2.81. The van der Waals surface area contributed by atoms with E-state index in [2.05, 4.69) is 11.1 Å².